The first-order valence-corrected chi connectivity index (χ1v) is 4.91. The Balaban J connectivity index is 2.44. The zero-order valence-electron chi connectivity index (χ0n) is 6.73. The Morgan fingerprint density at radius 1 is 1.64 bits per heavy atom. The molecule has 11 heavy (non-hydrogen) atoms. The average molecular weight is 190 g/mol. The van der Waals surface area contributed by atoms with Gasteiger partial charge in [-0.15, -0.1) is 11.3 Å². The van der Waals surface area contributed by atoms with Crippen LogP contribution in [0.4, 0.5) is 0 Å². The Bertz CT molecular complexity index is 220. The van der Waals surface area contributed by atoms with E-state index in [-0.39, 0.29) is 0 Å². The lowest BCUT2D eigenvalue weighted by atomic mass is 10.4. The second-order valence-electron chi connectivity index (χ2n) is 2.73. The van der Waals surface area contributed by atoms with Gasteiger partial charge in [-0.05, 0) is 11.4 Å². The molecule has 1 nitrogen and oxygen atoms in total. The van der Waals surface area contributed by atoms with Gasteiger partial charge in [0.15, 0.2) is 0 Å². The Kier molecular flexibility index (Phi) is 3.37. The molecular weight excluding hydrogens is 178 g/mol. The quantitative estimate of drug-likeness (QED) is 0.771. The number of nitrogens with one attached hydrogen (secondary N) is 1. The van der Waals surface area contributed by atoms with Crippen molar-refractivity contribution in [2.75, 3.05) is 0 Å². The fourth-order valence-electron chi connectivity index (χ4n) is 0.748. The molecule has 0 bridgehead atoms. The smallest absolute Gasteiger partial charge is 0.0558 e. The molecule has 0 saturated carbocycles. The van der Waals surface area contributed by atoms with Crippen LogP contribution in [0.5, 0.6) is 0 Å². The maximum absolute atomic E-state index is 5.89. The first kappa shape index (κ1) is 9.04. The molecule has 0 atom stereocenters. The lowest BCUT2D eigenvalue weighted by Crippen LogP contribution is -2.21. The second-order valence-corrected chi connectivity index (χ2v) is 4.14. The van der Waals surface area contributed by atoms with E-state index in [1.807, 2.05) is 11.4 Å². The Labute approximate surface area is 76.4 Å². The Morgan fingerprint density at radius 2 is 2.36 bits per heavy atom. The van der Waals surface area contributed by atoms with Crippen LogP contribution in [-0.4, -0.2) is 6.04 Å². The van der Waals surface area contributed by atoms with E-state index in [9.17, 15) is 0 Å². The summed E-state index contributed by atoms with van der Waals surface area (Å²) < 4.78 is 0. The molecule has 0 unspecified atom stereocenters. The minimum absolute atomic E-state index is 0.521. The van der Waals surface area contributed by atoms with Gasteiger partial charge >= 0.3 is 0 Å². The summed E-state index contributed by atoms with van der Waals surface area (Å²) in [5.41, 5.74) is 0. The number of rotatable bonds is 3. The first-order valence-electron chi connectivity index (χ1n) is 3.65. The predicted octanol–water partition coefficient (Wildman–Crippen LogP) is 2.90. The lowest BCUT2D eigenvalue weighted by molar-refractivity contribution is 0.593. The van der Waals surface area contributed by atoms with Crippen molar-refractivity contribution in [3.63, 3.8) is 0 Å². The highest BCUT2D eigenvalue weighted by Crippen LogP contribution is 2.21. The minimum atomic E-state index is 0.521. The van der Waals surface area contributed by atoms with Crippen molar-refractivity contribution in [3.05, 3.63) is 21.3 Å². The highest BCUT2D eigenvalue weighted by Gasteiger charge is 2.00. The maximum Gasteiger partial charge on any atom is 0.0558 e. The third kappa shape index (κ3) is 2.81. The van der Waals surface area contributed by atoms with Crippen LogP contribution in [0.1, 0.15) is 18.7 Å². The summed E-state index contributed by atoms with van der Waals surface area (Å²) in [6.45, 7) is 5.14. The predicted molar refractivity (Wildman–Crippen MR) is 51.3 cm³/mol. The monoisotopic (exact) mass is 189 g/mol. The van der Waals surface area contributed by atoms with E-state index in [0.717, 1.165) is 11.6 Å². The molecule has 0 aliphatic rings. The van der Waals surface area contributed by atoms with Gasteiger partial charge in [0.2, 0.25) is 0 Å². The summed E-state index contributed by atoms with van der Waals surface area (Å²) >= 11 is 7.59. The number of hydrogen-bond acceptors (Lipinski definition) is 2. The normalized spacial score (nSPS) is 10.9. The standard InChI is InChI=1S/C8H12ClNS/c1-6(2)10-5-8-7(9)3-4-11-8/h3-4,6,10H,5H2,1-2H3. The minimum Gasteiger partial charge on any atom is -0.310 e. The molecule has 0 radical (unpaired) electrons. The van der Waals surface area contributed by atoms with E-state index in [2.05, 4.69) is 19.2 Å². The van der Waals surface area contributed by atoms with Crippen LogP contribution in [0.25, 0.3) is 0 Å². The second kappa shape index (κ2) is 4.10. The molecule has 1 aromatic heterocycles. The lowest BCUT2D eigenvalue weighted by Gasteiger charge is -2.05. The van der Waals surface area contributed by atoms with Crippen LogP contribution in [0, 0.1) is 0 Å². The van der Waals surface area contributed by atoms with Gasteiger partial charge in [0, 0.05) is 17.5 Å². The van der Waals surface area contributed by atoms with Crippen LogP contribution in [-0.2, 0) is 6.54 Å². The zero-order chi connectivity index (χ0) is 8.27. The molecule has 0 fully saturated rings. The number of thiophene rings is 1. The van der Waals surface area contributed by atoms with E-state index >= 15 is 0 Å². The van der Waals surface area contributed by atoms with Crippen LogP contribution < -0.4 is 5.32 Å². The summed E-state index contributed by atoms with van der Waals surface area (Å²) in [7, 11) is 0. The van der Waals surface area contributed by atoms with Crippen molar-refractivity contribution in [2.24, 2.45) is 0 Å². The SMILES string of the molecule is CC(C)NCc1sccc1Cl. The van der Waals surface area contributed by atoms with Crippen molar-refractivity contribution in [2.45, 2.75) is 26.4 Å². The molecule has 0 aliphatic carbocycles. The van der Waals surface area contributed by atoms with Gasteiger partial charge in [-0.3, -0.25) is 0 Å². The molecule has 0 aromatic carbocycles. The average Bonchev–Trinajstić information content (AvgIpc) is 2.31. The van der Waals surface area contributed by atoms with Crippen LogP contribution in [0.15, 0.2) is 11.4 Å². The summed E-state index contributed by atoms with van der Waals surface area (Å²) in [5.74, 6) is 0. The zero-order valence-corrected chi connectivity index (χ0v) is 8.30. The Hall–Kier alpha value is -0.0500. The summed E-state index contributed by atoms with van der Waals surface area (Å²) in [4.78, 5) is 1.22. The molecule has 0 aliphatic heterocycles. The molecule has 1 rings (SSSR count). The highest BCUT2D eigenvalue weighted by molar-refractivity contribution is 7.10. The number of hydrogen-bond donors (Lipinski definition) is 1. The van der Waals surface area contributed by atoms with E-state index in [1.165, 1.54) is 4.88 Å². The number of halogens is 1. The molecule has 0 saturated heterocycles. The van der Waals surface area contributed by atoms with Crippen LogP contribution in [0.3, 0.4) is 0 Å². The topological polar surface area (TPSA) is 12.0 Å². The van der Waals surface area contributed by atoms with Gasteiger partial charge in [-0.1, -0.05) is 25.4 Å². The van der Waals surface area contributed by atoms with Crippen molar-refractivity contribution in [1.82, 2.24) is 5.32 Å². The molecular formula is C8H12ClNS. The van der Waals surface area contributed by atoms with E-state index in [4.69, 9.17) is 11.6 Å². The van der Waals surface area contributed by atoms with Gasteiger partial charge < -0.3 is 5.32 Å². The molecule has 1 aromatic rings. The molecule has 62 valence electrons. The van der Waals surface area contributed by atoms with Crippen LogP contribution >= 0.6 is 22.9 Å². The molecule has 0 spiro atoms. The third-order valence-electron chi connectivity index (χ3n) is 1.36. The molecule has 3 heteroatoms. The largest absolute Gasteiger partial charge is 0.310 e. The Morgan fingerprint density at radius 3 is 2.82 bits per heavy atom. The van der Waals surface area contributed by atoms with Gasteiger partial charge in [0.1, 0.15) is 0 Å². The molecule has 1 heterocycles. The van der Waals surface area contributed by atoms with Crippen molar-refractivity contribution in [3.8, 4) is 0 Å². The van der Waals surface area contributed by atoms with Gasteiger partial charge in [0.05, 0.1) is 5.02 Å². The van der Waals surface area contributed by atoms with Crippen molar-refractivity contribution in [1.29, 1.82) is 0 Å². The summed E-state index contributed by atoms with van der Waals surface area (Å²) in [6, 6.07) is 2.46. The van der Waals surface area contributed by atoms with Crippen molar-refractivity contribution < 1.29 is 0 Å². The molecule has 0 amide bonds. The van der Waals surface area contributed by atoms with Crippen molar-refractivity contribution >= 4 is 22.9 Å². The van der Waals surface area contributed by atoms with Gasteiger partial charge in [-0.25, -0.2) is 0 Å². The maximum atomic E-state index is 5.89. The molecule has 1 N–H and O–H groups in total. The summed E-state index contributed by atoms with van der Waals surface area (Å²) in [5, 5.41) is 6.21. The fraction of sp³-hybridized carbons (Fsp3) is 0.500. The van der Waals surface area contributed by atoms with E-state index in [1.54, 1.807) is 11.3 Å². The van der Waals surface area contributed by atoms with E-state index < -0.39 is 0 Å². The third-order valence-corrected chi connectivity index (χ3v) is 2.75. The van der Waals surface area contributed by atoms with E-state index in [0.29, 0.717) is 6.04 Å². The first-order chi connectivity index (χ1) is 5.20. The highest BCUT2D eigenvalue weighted by atomic mass is 35.5. The van der Waals surface area contributed by atoms with Gasteiger partial charge in [-0.2, -0.15) is 0 Å². The summed E-state index contributed by atoms with van der Waals surface area (Å²) in [6.07, 6.45) is 0. The van der Waals surface area contributed by atoms with Gasteiger partial charge in [0.25, 0.3) is 0 Å². The van der Waals surface area contributed by atoms with Crippen LogP contribution in [0.2, 0.25) is 5.02 Å². The fourth-order valence-corrected chi connectivity index (χ4v) is 1.80.